The van der Waals surface area contributed by atoms with E-state index < -0.39 is 6.23 Å². The molecule has 1 aromatic heterocycles. The number of benzene rings is 2. The minimum Gasteiger partial charge on any atom is -0.506 e. The van der Waals surface area contributed by atoms with Gasteiger partial charge in [0.25, 0.3) is 0 Å². The number of thiazole rings is 1. The van der Waals surface area contributed by atoms with Crippen LogP contribution in [0.4, 0.5) is 0 Å². The van der Waals surface area contributed by atoms with Gasteiger partial charge in [-0.25, -0.2) is 0 Å². The van der Waals surface area contributed by atoms with Gasteiger partial charge in [-0.2, -0.15) is 0 Å². The minimum absolute atomic E-state index is 0.0552. The number of aromatic hydroxyl groups is 1. The number of rotatable bonds is 8. The van der Waals surface area contributed by atoms with Crippen molar-refractivity contribution in [2.75, 3.05) is 19.6 Å². The largest absolute Gasteiger partial charge is 0.506 e. The number of likely N-dealkylation sites (tertiary alicyclic amines) is 1. The molecule has 6 nitrogen and oxygen atoms in total. The number of hydrogen-bond donors (Lipinski definition) is 4. The van der Waals surface area contributed by atoms with Crippen molar-refractivity contribution in [2.24, 2.45) is 0 Å². The lowest BCUT2D eigenvalue weighted by Crippen LogP contribution is -2.32. The minimum atomic E-state index is -0.717. The smallest absolute Gasteiger partial charge is 0.305 e. The summed E-state index contributed by atoms with van der Waals surface area (Å²) in [5.41, 5.74) is 3.91. The molecule has 0 amide bonds. The van der Waals surface area contributed by atoms with Crippen molar-refractivity contribution in [3.8, 4) is 5.75 Å². The lowest BCUT2D eigenvalue weighted by atomic mass is 10.1. The normalized spacial score (nSPS) is 16.4. The molecule has 0 radical (unpaired) electrons. The molecule has 4 rings (SSSR count). The summed E-state index contributed by atoms with van der Waals surface area (Å²) in [4.78, 5) is 16.6. The number of nitrogens with zero attached hydrogens (tertiary/aromatic N) is 1. The molecule has 0 bridgehead atoms. The molecule has 3 aromatic rings. The van der Waals surface area contributed by atoms with Crippen LogP contribution in [0.2, 0.25) is 0 Å². The second kappa shape index (κ2) is 10.4. The third-order valence-corrected chi connectivity index (χ3v) is 6.90. The summed E-state index contributed by atoms with van der Waals surface area (Å²) in [7, 11) is 0. The fourth-order valence-electron chi connectivity index (χ4n) is 4.33. The molecule has 166 valence electrons. The van der Waals surface area contributed by atoms with Crippen LogP contribution < -0.4 is 10.2 Å². The van der Waals surface area contributed by atoms with Crippen molar-refractivity contribution < 1.29 is 10.2 Å². The highest BCUT2D eigenvalue weighted by atomic mass is 32.1. The molecular formula is C24H31N3O3S. The Kier molecular flexibility index (Phi) is 7.40. The van der Waals surface area contributed by atoms with Gasteiger partial charge < -0.3 is 15.2 Å². The van der Waals surface area contributed by atoms with Crippen LogP contribution in [0.5, 0.6) is 5.75 Å². The predicted octanol–water partition coefficient (Wildman–Crippen LogP) is 3.36. The summed E-state index contributed by atoms with van der Waals surface area (Å²) in [6.07, 6.45) is 5.80. The van der Waals surface area contributed by atoms with E-state index in [1.54, 1.807) is 12.1 Å². The molecule has 2 heterocycles. The summed E-state index contributed by atoms with van der Waals surface area (Å²) < 4.78 is 0.701. The van der Waals surface area contributed by atoms with Gasteiger partial charge in [0.05, 0.1) is 4.70 Å². The van der Waals surface area contributed by atoms with Gasteiger partial charge in [0.2, 0.25) is 0 Å². The Bertz CT molecular complexity index is 1050. The first-order valence-corrected chi connectivity index (χ1v) is 12.0. The van der Waals surface area contributed by atoms with Crippen molar-refractivity contribution in [3.05, 3.63) is 62.8 Å². The third-order valence-electron chi connectivity index (χ3n) is 5.94. The molecular weight excluding hydrogens is 410 g/mol. The highest BCUT2D eigenvalue weighted by Crippen LogP contribution is 2.28. The molecule has 4 N–H and O–H groups in total. The van der Waals surface area contributed by atoms with Crippen LogP contribution in [-0.2, 0) is 19.4 Å². The zero-order valence-corrected chi connectivity index (χ0v) is 18.6. The van der Waals surface area contributed by atoms with E-state index in [1.165, 1.54) is 49.9 Å². The summed E-state index contributed by atoms with van der Waals surface area (Å²) in [6.45, 7) is 4.07. The fraction of sp³-hybridized carbons (Fsp3) is 0.458. The van der Waals surface area contributed by atoms with E-state index in [4.69, 9.17) is 0 Å². The van der Waals surface area contributed by atoms with Gasteiger partial charge in [0.15, 0.2) is 0 Å². The van der Waals surface area contributed by atoms with Gasteiger partial charge in [-0.05, 0) is 55.1 Å². The lowest BCUT2D eigenvalue weighted by Gasteiger charge is -2.20. The molecule has 1 saturated heterocycles. The Morgan fingerprint density at radius 1 is 1.10 bits per heavy atom. The highest BCUT2D eigenvalue weighted by Gasteiger charge is 2.13. The lowest BCUT2D eigenvalue weighted by molar-refractivity contribution is 0.138. The summed E-state index contributed by atoms with van der Waals surface area (Å²) >= 11 is 1.06. The second-order valence-corrected chi connectivity index (χ2v) is 9.38. The number of H-pyrrole nitrogens is 1. The maximum atomic E-state index is 11.6. The highest BCUT2D eigenvalue weighted by molar-refractivity contribution is 7.16. The van der Waals surface area contributed by atoms with E-state index in [-0.39, 0.29) is 10.6 Å². The Morgan fingerprint density at radius 2 is 1.87 bits per heavy atom. The van der Waals surface area contributed by atoms with E-state index in [0.29, 0.717) is 23.2 Å². The molecule has 1 aliphatic rings. The molecule has 7 heteroatoms. The average molecular weight is 442 g/mol. The first-order valence-electron chi connectivity index (χ1n) is 11.1. The van der Waals surface area contributed by atoms with Crippen molar-refractivity contribution in [1.29, 1.82) is 0 Å². The maximum absolute atomic E-state index is 11.6. The van der Waals surface area contributed by atoms with Gasteiger partial charge in [0.1, 0.15) is 17.5 Å². The van der Waals surface area contributed by atoms with Crippen molar-refractivity contribution >= 4 is 21.6 Å². The van der Waals surface area contributed by atoms with E-state index in [1.807, 2.05) is 0 Å². The summed E-state index contributed by atoms with van der Waals surface area (Å²) in [6, 6.07) is 12.1. The number of aliphatic hydroxyl groups is 1. The number of hydrogen-bond acceptors (Lipinski definition) is 6. The van der Waals surface area contributed by atoms with E-state index >= 15 is 0 Å². The molecule has 1 unspecified atom stereocenters. The monoisotopic (exact) mass is 441 g/mol. The van der Waals surface area contributed by atoms with Crippen LogP contribution in [0.1, 0.15) is 42.4 Å². The van der Waals surface area contributed by atoms with E-state index in [9.17, 15) is 15.0 Å². The van der Waals surface area contributed by atoms with Crippen LogP contribution >= 0.6 is 11.3 Å². The number of aromatic nitrogens is 1. The first kappa shape index (κ1) is 22.0. The van der Waals surface area contributed by atoms with E-state index in [2.05, 4.69) is 39.5 Å². The molecule has 0 aliphatic carbocycles. The Labute approximate surface area is 186 Å². The second-order valence-electron chi connectivity index (χ2n) is 8.40. The van der Waals surface area contributed by atoms with Gasteiger partial charge in [-0.15, -0.1) is 0 Å². The topological polar surface area (TPSA) is 88.6 Å². The number of nitrogens with one attached hydrogen (secondary N) is 2. The quantitative estimate of drug-likeness (QED) is 0.403. The van der Waals surface area contributed by atoms with Crippen molar-refractivity contribution in [2.45, 2.75) is 51.3 Å². The third kappa shape index (κ3) is 5.95. The molecule has 1 aliphatic heterocycles. The number of phenols is 1. The Balaban J connectivity index is 1.29. The molecule has 0 saturated carbocycles. The molecule has 2 aromatic carbocycles. The Hall–Kier alpha value is -2.19. The van der Waals surface area contributed by atoms with Gasteiger partial charge in [0, 0.05) is 19.5 Å². The molecule has 31 heavy (non-hydrogen) atoms. The zero-order chi connectivity index (χ0) is 21.6. The standard InChI is InChI=1S/C24H31N3O3S/c28-20-9-8-19(23-22(20)26-24(30)31-23)15-21(29)25-11-10-17-6-5-7-18(14-17)16-27-12-3-1-2-4-13-27/h5-9,14,21,25,28-29H,1-4,10-13,15-16H2,(H,26,30). The van der Waals surface area contributed by atoms with Gasteiger partial charge in [-0.1, -0.05) is 54.5 Å². The van der Waals surface area contributed by atoms with Crippen molar-refractivity contribution in [1.82, 2.24) is 15.2 Å². The summed E-state index contributed by atoms with van der Waals surface area (Å²) in [5, 5.41) is 23.5. The van der Waals surface area contributed by atoms with Crippen LogP contribution in [-0.4, -0.2) is 46.0 Å². The van der Waals surface area contributed by atoms with Crippen LogP contribution in [0, 0.1) is 0 Å². The zero-order valence-electron chi connectivity index (χ0n) is 17.8. The molecule has 1 fully saturated rings. The van der Waals surface area contributed by atoms with Gasteiger partial charge in [-0.3, -0.25) is 15.0 Å². The van der Waals surface area contributed by atoms with Crippen LogP contribution in [0.3, 0.4) is 0 Å². The summed E-state index contributed by atoms with van der Waals surface area (Å²) in [5.74, 6) is 0.0552. The number of aromatic amines is 1. The van der Waals surface area contributed by atoms with E-state index in [0.717, 1.165) is 29.9 Å². The molecule has 1 atom stereocenters. The molecule has 0 spiro atoms. The Morgan fingerprint density at radius 3 is 2.68 bits per heavy atom. The SMILES string of the molecule is O=c1[nH]c2c(O)ccc(CC(O)NCCc3cccc(CN4CCCCCC4)c3)c2s1. The number of fused-ring (bicyclic) bond motifs is 1. The first-order chi connectivity index (χ1) is 15.1. The maximum Gasteiger partial charge on any atom is 0.305 e. The van der Waals surface area contributed by atoms with Crippen molar-refractivity contribution in [3.63, 3.8) is 0 Å². The number of phenolic OH excluding ortho intramolecular Hbond substituents is 1. The fourth-order valence-corrected chi connectivity index (χ4v) is 5.21. The average Bonchev–Trinajstić information content (AvgIpc) is 2.97. The predicted molar refractivity (Wildman–Crippen MR) is 126 cm³/mol. The van der Waals surface area contributed by atoms with Crippen LogP contribution in [0.15, 0.2) is 41.2 Å². The van der Waals surface area contributed by atoms with Crippen LogP contribution in [0.25, 0.3) is 10.2 Å². The number of aliphatic hydroxyl groups excluding tert-OH is 1. The van der Waals surface area contributed by atoms with Gasteiger partial charge >= 0.3 is 4.87 Å².